The highest BCUT2D eigenvalue weighted by molar-refractivity contribution is 9.10. The number of halogens is 1. The summed E-state index contributed by atoms with van der Waals surface area (Å²) in [6, 6.07) is 14.0. The Kier molecular flexibility index (Phi) is 6.86. The van der Waals surface area contributed by atoms with E-state index in [1.165, 1.54) is 12.1 Å². The molecule has 0 fully saturated rings. The van der Waals surface area contributed by atoms with Crippen molar-refractivity contribution < 1.29 is 19.4 Å². The number of pyridine rings is 1. The van der Waals surface area contributed by atoms with E-state index < -0.39 is 0 Å². The van der Waals surface area contributed by atoms with Crippen LogP contribution >= 0.6 is 15.9 Å². The first-order valence-corrected chi connectivity index (χ1v) is 10.8. The molecule has 0 aliphatic heterocycles. The summed E-state index contributed by atoms with van der Waals surface area (Å²) >= 11 is 3.43. The topological polar surface area (TPSA) is 109 Å². The molecular formula is C23H21BrN4O4. The molecule has 8 nitrogen and oxygen atoms in total. The van der Waals surface area contributed by atoms with Crippen LogP contribution < -0.4 is 14.8 Å². The van der Waals surface area contributed by atoms with Crippen LogP contribution in [0.5, 0.6) is 17.2 Å². The van der Waals surface area contributed by atoms with Crippen LogP contribution in [0, 0.1) is 0 Å². The van der Waals surface area contributed by atoms with E-state index in [1.807, 2.05) is 30.3 Å². The number of nitrogens with zero attached hydrogens (tertiary/aromatic N) is 2. The van der Waals surface area contributed by atoms with Gasteiger partial charge in [0.05, 0.1) is 17.3 Å². The highest BCUT2D eigenvalue weighted by Crippen LogP contribution is 2.28. The highest BCUT2D eigenvalue weighted by atomic mass is 79.9. The number of rotatable bonds is 9. The van der Waals surface area contributed by atoms with E-state index in [1.54, 1.807) is 18.5 Å². The quantitative estimate of drug-likeness (QED) is 0.299. The van der Waals surface area contributed by atoms with Gasteiger partial charge < -0.3 is 19.9 Å². The predicted octanol–water partition coefficient (Wildman–Crippen LogP) is 4.20. The molecule has 2 aromatic carbocycles. The number of amides is 1. The summed E-state index contributed by atoms with van der Waals surface area (Å²) in [7, 11) is 0. The van der Waals surface area contributed by atoms with Crippen LogP contribution in [0.25, 0.3) is 11.0 Å². The summed E-state index contributed by atoms with van der Waals surface area (Å²) in [6.07, 6.45) is 4.00. The number of hydrogen-bond acceptors (Lipinski definition) is 6. The number of H-pyrrole nitrogens is 1. The summed E-state index contributed by atoms with van der Waals surface area (Å²) < 4.78 is 12.3. The maximum atomic E-state index is 12.5. The lowest BCUT2D eigenvalue weighted by Gasteiger charge is -2.11. The largest absolute Gasteiger partial charge is 0.504 e. The fourth-order valence-corrected chi connectivity index (χ4v) is 3.41. The van der Waals surface area contributed by atoms with E-state index in [4.69, 9.17) is 9.47 Å². The number of para-hydroxylation sites is 1. The van der Waals surface area contributed by atoms with E-state index in [9.17, 15) is 9.90 Å². The lowest BCUT2D eigenvalue weighted by Crippen LogP contribution is -2.25. The van der Waals surface area contributed by atoms with Gasteiger partial charge in [-0.15, -0.1) is 0 Å². The lowest BCUT2D eigenvalue weighted by atomic mass is 10.2. The van der Waals surface area contributed by atoms with Gasteiger partial charge in [-0.1, -0.05) is 12.1 Å². The number of aromatic hydroxyl groups is 1. The molecule has 164 valence electrons. The Morgan fingerprint density at radius 2 is 1.97 bits per heavy atom. The molecule has 0 saturated carbocycles. The Bertz CT molecular complexity index is 1230. The van der Waals surface area contributed by atoms with Gasteiger partial charge in [-0.25, -0.2) is 4.98 Å². The van der Waals surface area contributed by atoms with Crippen LogP contribution in [-0.4, -0.2) is 39.3 Å². The van der Waals surface area contributed by atoms with Gasteiger partial charge >= 0.3 is 0 Å². The van der Waals surface area contributed by atoms with Crippen molar-refractivity contribution in [1.82, 2.24) is 20.5 Å². The summed E-state index contributed by atoms with van der Waals surface area (Å²) in [5.41, 5.74) is 1.91. The number of carbonyl (C=O) groups is 1. The second-order valence-corrected chi connectivity index (χ2v) is 7.87. The van der Waals surface area contributed by atoms with Crippen molar-refractivity contribution in [3.8, 4) is 17.2 Å². The van der Waals surface area contributed by atoms with Gasteiger partial charge in [0, 0.05) is 29.3 Å². The third kappa shape index (κ3) is 5.36. The molecule has 1 amide bonds. The van der Waals surface area contributed by atoms with Gasteiger partial charge in [0.2, 0.25) is 0 Å². The SMILES string of the molecule is O=C(NCCCOc1ccccc1Br)c1ccc(O)c(OCc2cnc3[nH]ncc3c2)c1. The zero-order valence-electron chi connectivity index (χ0n) is 17.0. The van der Waals surface area contributed by atoms with Crippen molar-refractivity contribution in [2.24, 2.45) is 0 Å². The van der Waals surface area contributed by atoms with E-state index in [-0.39, 0.29) is 24.0 Å². The summed E-state index contributed by atoms with van der Waals surface area (Å²) in [6.45, 7) is 1.12. The van der Waals surface area contributed by atoms with Crippen LogP contribution in [0.15, 0.2) is 65.4 Å². The smallest absolute Gasteiger partial charge is 0.251 e. The van der Waals surface area contributed by atoms with Gasteiger partial charge in [0.1, 0.15) is 12.4 Å². The minimum atomic E-state index is -0.253. The second kappa shape index (κ2) is 10.1. The van der Waals surface area contributed by atoms with Gasteiger partial charge in [-0.05, 0) is 58.7 Å². The number of hydrogen-bond donors (Lipinski definition) is 3. The first-order valence-electron chi connectivity index (χ1n) is 9.99. The second-order valence-electron chi connectivity index (χ2n) is 7.01. The van der Waals surface area contributed by atoms with E-state index in [0.29, 0.717) is 30.8 Å². The molecule has 9 heteroatoms. The van der Waals surface area contributed by atoms with E-state index in [2.05, 4.69) is 36.4 Å². The minimum absolute atomic E-state index is 0.0410. The molecular weight excluding hydrogens is 476 g/mol. The molecule has 0 atom stereocenters. The molecule has 0 saturated heterocycles. The summed E-state index contributed by atoms with van der Waals surface area (Å²) in [4.78, 5) is 16.7. The van der Waals surface area contributed by atoms with Gasteiger partial charge in [-0.3, -0.25) is 9.89 Å². The van der Waals surface area contributed by atoms with Crippen LogP contribution in [-0.2, 0) is 6.61 Å². The molecule has 0 aliphatic carbocycles. The molecule has 4 aromatic rings. The molecule has 32 heavy (non-hydrogen) atoms. The molecule has 4 rings (SSSR count). The number of benzene rings is 2. The van der Waals surface area contributed by atoms with Crippen LogP contribution in [0.3, 0.4) is 0 Å². The molecule has 2 heterocycles. The number of carbonyl (C=O) groups excluding carboxylic acids is 1. The summed E-state index contributed by atoms with van der Waals surface area (Å²) in [5, 5.41) is 20.5. The Balaban J connectivity index is 1.28. The van der Waals surface area contributed by atoms with Crippen molar-refractivity contribution >= 4 is 32.9 Å². The molecule has 0 spiro atoms. The first-order chi connectivity index (χ1) is 15.6. The van der Waals surface area contributed by atoms with Crippen molar-refractivity contribution in [3.05, 3.63) is 76.5 Å². The minimum Gasteiger partial charge on any atom is -0.504 e. The zero-order valence-corrected chi connectivity index (χ0v) is 18.6. The van der Waals surface area contributed by atoms with Gasteiger partial charge in [-0.2, -0.15) is 5.10 Å². The zero-order chi connectivity index (χ0) is 22.3. The highest BCUT2D eigenvalue weighted by Gasteiger charge is 2.11. The number of nitrogens with one attached hydrogen (secondary N) is 2. The van der Waals surface area contributed by atoms with Gasteiger partial charge in [0.25, 0.3) is 5.91 Å². The summed E-state index contributed by atoms with van der Waals surface area (Å²) in [5.74, 6) is 0.696. The monoisotopic (exact) mass is 496 g/mol. The Morgan fingerprint density at radius 1 is 1.09 bits per heavy atom. The van der Waals surface area contributed by atoms with E-state index in [0.717, 1.165) is 21.2 Å². The fraction of sp³-hybridized carbons (Fsp3) is 0.174. The van der Waals surface area contributed by atoms with Crippen molar-refractivity contribution in [2.45, 2.75) is 13.0 Å². The fourth-order valence-electron chi connectivity index (χ4n) is 3.01. The average Bonchev–Trinajstić information content (AvgIpc) is 3.27. The number of fused-ring (bicyclic) bond motifs is 1. The lowest BCUT2D eigenvalue weighted by molar-refractivity contribution is 0.0951. The maximum Gasteiger partial charge on any atom is 0.251 e. The number of phenolic OH excluding ortho intramolecular Hbond substituents is 1. The number of ether oxygens (including phenoxy) is 2. The Morgan fingerprint density at radius 3 is 2.84 bits per heavy atom. The Labute approximate surface area is 192 Å². The molecule has 0 unspecified atom stereocenters. The van der Waals surface area contributed by atoms with Crippen molar-refractivity contribution in [2.75, 3.05) is 13.2 Å². The third-order valence-electron chi connectivity index (χ3n) is 4.67. The number of aromatic amines is 1. The third-order valence-corrected chi connectivity index (χ3v) is 5.32. The van der Waals surface area contributed by atoms with Crippen LogP contribution in [0.4, 0.5) is 0 Å². The molecule has 0 bridgehead atoms. The van der Waals surface area contributed by atoms with E-state index >= 15 is 0 Å². The number of phenols is 1. The van der Waals surface area contributed by atoms with Gasteiger partial charge in [0.15, 0.2) is 17.1 Å². The molecule has 0 radical (unpaired) electrons. The molecule has 3 N–H and O–H groups in total. The average molecular weight is 497 g/mol. The maximum absolute atomic E-state index is 12.5. The Hall–Kier alpha value is -3.59. The predicted molar refractivity (Wildman–Crippen MR) is 123 cm³/mol. The van der Waals surface area contributed by atoms with Crippen molar-refractivity contribution in [1.29, 1.82) is 0 Å². The van der Waals surface area contributed by atoms with Crippen LogP contribution in [0.2, 0.25) is 0 Å². The van der Waals surface area contributed by atoms with Crippen molar-refractivity contribution in [3.63, 3.8) is 0 Å². The standard InChI is InChI=1S/C23H21BrN4O4/c24-18-4-1-2-5-20(18)31-9-3-8-25-23(30)16-6-7-19(29)21(11-16)32-14-15-10-17-13-27-28-22(17)26-12-15/h1-2,4-7,10-13,29H,3,8-9,14H2,(H,25,30)(H,26,27,28). The molecule has 0 aliphatic rings. The molecule has 2 aromatic heterocycles. The first kappa shape index (κ1) is 21.6. The normalized spacial score (nSPS) is 10.8. The number of aromatic nitrogens is 3. The van der Waals surface area contributed by atoms with Crippen LogP contribution in [0.1, 0.15) is 22.3 Å².